The highest BCUT2D eigenvalue weighted by Crippen LogP contribution is 2.46. The monoisotopic (exact) mass is 245 g/mol. The van der Waals surface area contributed by atoms with E-state index in [1.54, 1.807) is 11.3 Å². The minimum absolute atomic E-state index is 0.0938. The summed E-state index contributed by atoms with van der Waals surface area (Å²) in [5.74, 6) is 0. The van der Waals surface area contributed by atoms with Crippen molar-refractivity contribution in [3.8, 4) is 9.75 Å². The molecule has 1 nitrogen and oxygen atoms in total. The van der Waals surface area contributed by atoms with Crippen LogP contribution in [0.3, 0.4) is 0 Å². The molecule has 14 heavy (non-hydrogen) atoms. The van der Waals surface area contributed by atoms with Crippen molar-refractivity contribution in [3.05, 3.63) is 28.5 Å². The van der Waals surface area contributed by atoms with E-state index in [4.69, 9.17) is 0 Å². The first kappa shape index (κ1) is 9.49. The Bertz CT molecular complexity index is 486. The number of nitrogens with one attached hydrogen (secondary N) is 1. The molecule has 0 aliphatic carbocycles. The zero-order valence-corrected chi connectivity index (χ0v) is 11.2. The molecule has 1 aliphatic heterocycles. The number of hydrogen-bond donors (Lipinski definition) is 1. The SMILES string of the molecule is [Al][C]1([Al])Nc2ccsc2-c2sccc21. The highest BCUT2D eigenvalue weighted by molar-refractivity contribution is 7.21. The van der Waals surface area contributed by atoms with E-state index in [0.717, 1.165) is 0 Å². The molecule has 0 aromatic carbocycles. The molecular formula is C9H5Al2NS2. The van der Waals surface area contributed by atoms with E-state index < -0.39 is 0 Å². The minimum Gasteiger partial charge on any atom is -0.405 e. The largest absolute Gasteiger partial charge is 0.405 e. The molecule has 1 aliphatic rings. The maximum atomic E-state index is 3.50. The molecule has 0 unspecified atom stereocenters. The second-order valence-electron chi connectivity index (χ2n) is 3.32. The number of fused-ring (bicyclic) bond motifs is 3. The number of anilines is 1. The van der Waals surface area contributed by atoms with Crippen LogP contribution >= 0.6 is 22.7 Å². The maximum absolute atomic E-state index is 3.50. The highest BCUT2D eigenvalue weighted by atomic mass is 32.1. The molecule has 1 N–H and O–H groups in total. The van der Waals surface area contributed by atoms with Crippen LogP contribution in [0.15, 0.2) is 22.9 Å². The van der Waals surface area contributed by atoms with Crippen LogP contribution in [0.25, 0.3) is 9.75 Å². The van der Waals surface area contributed by atoms with Crippen molar-refractivity contribution in [1.82, 2.24) is 0 Å². The summed E-state index contributed by atoms with van der Waals surface area (Å²) in [7, 11) is 0. The second-order valence-corrected chi connectivity index (χ2v) is 7.64. The van der Waals surface area contributed by atoms with Crippen LogP contribution in [0.4, 0.5) is 5.69 Å². The van der Waals surface area contributed by atoms with Gasteiger partial charge in [-0.1, -0.05) is 3.26 Å². The molecular weight excluding hydrogens is 240 g/mol. The topological polar surface area (TPSA) is 12.0 Å². The fraction of sp³-hybridized carbons (Fsp3) is 0.111. The summed E-state index contributed by atoms with van der Waals surface area (Å²) in [5, 5.41) is 7.80. The lowest BCUT2D eigenvalue weighted by Gasteiger charge is -2.35. The van der Waals surface area contributed by atoms with Crippen LogP contribution in [0.2, 0.25) is 0 Å². The van der Waals surface area contributed by atoms with Gasteiger partial charge in [-0.25, -0.2) is 0 Å². The van der Waals surface area contributed by atoms with Gasteiger partial charge in [0, 0.05) is 4.88 Å². The fourth-order valence-electron chi connectivity index (χ4n) is 1.68. The van der Waals surface area contributed by atoms with Gasteiger partial charge in [-0.15, -0.1) is 22.7 Å². The van der Waals surface area contributed by atoms with Crippen molar-refractivity contribution in [1.29, 1.82) is 0 Å². The summed E-state index contributed by atoms with van der Waals surface area (Å²) in [6, 6.07) is 4.33. The van der Waals surface area contributed by atoms with Gasteiger partial charge >= 0.3 is 0 Å². The zero-order valence-electron chi connectivity index (χ0n) is 7.28. The predicted molar refractivity (Wildman–Crippen MR) is 64.4 cm³/mol. The molecule has 0 saturated carbocycles. The summed E-state index contributed by atoms with van der Waals surface area (Å²) in [5.41, 5.74) is 2.60. The summed E-state index contributed by atoms with van der Waals surface area (Å²) in [6.45, 7) is 0. The van der Waals surface area contributed by atoms with Crippen LogP contribution in [-0.4, -0.2) is 32.6 Å². The van der Waals surface area contributed by atoms with Gasteiger partial charge in [0.1, 0.15) is 32.6 Å². The Hall–Kier alpha value is 0.265. The van der Waals surface area contributed by atoms with Crippen LogP contribution in [-0.2, 0) is 3.26 Å². The van der Waals surface area contributed by atoms with Gasteiger partial charge in [0.25, 0.3) is 0 Å². The molecule has 3 heterocycles. The molecule has 0 saturated heterocycles. The molecule has 64 valence electrons. The molecule has 0 atom stereocenters. The lowest BCUT2D eigenvalue weighted by molar-refractivity contribution is 0.992. The first-order chi connectivity index (χ1) is 6.68. The van der Waals surface area contributed by atoms with Crippen LogP contribution < -0.4 is 5.32 Å². The molecule has 0 amide bonds. The Morgan fingerprint density at radius 3 is 2.64 bits per heavy atom. The van der Waals surface area contributed by atoms with Crippen molar-refractivity contribution in [3.63, 3.8) is 0 Å². The molecule has 5 heteroatoms. The average Bonchev–Trinajstić information content (AvgIpc) is 2.66. The van der Waals surface area contributed by atoms with E-state index >= 15 is 0 Å². The van der Waals surface area contributed by atoms with Gasteiger partial charge in [0.05, 0.1) is 10.6 Å². The average molecular weight is 245 g/mol. The van der Waals surface area contributed by atoms with Gasteiger partial charge in [0.2, 0.25) is 0 Å². The van der Waals surface area contributed by atoms with Crippen molar-refractivity contribution >= 4 is 60.9 Å². The Labute approximate surface area is 107 Å². The lowest BCUT2D eigenvalue weighted by Crippen LogP contribution is -2.38. The molecule has 2 aromatic rings. The Balaban J connectivity index is 2.32. The van der Waals surface area contributed by atoms with Crippen molar-refractivity contribution in [2.45, 2.75) is 3.26 Å². The van der Waals surface area contributed by atoms with Crippen molar-refractivity contribution < 1.29 is 0 Å². The minimum atomic E-state index is -0.0938. The summed E-state index contributed by atoms with van der Waals surface area (Å²) in [6.07, 6.45) is 0. The number of hydrogen-bond acceptors (Lipinski definition) is 3. The second kappa shape index (κ2) is 3.13. The van der Waals surface area contributed by atoms with Gasteiger partial charge < -0.3 is 5.32 Å². The van der Waals surface area contributed by atoms with E-state index in [0.29, 0.717) is 0 Å². The normalized spacial score (nSPS) is 16.9. The van der Waals surface area contributed by atoms with Gasteiger partial charge in [0.15, 0.2) is 0 Å². The molecule has 3 rings (SSSR count). The smallest absolute Gasteiger partial charge is 0.143 e. The molecule has 0 fully saturated rings. The standard InChI is InChI=1S/C9H5NS2.2Al/c1-3-11-8-6(1)5-10-7-2-4-12-9(7)8;;/h1-4,10H;;. The van der Waals surface area contributed by atoms with E-state index in [1.807, 2.05) is 11.3 Å². The Morgan fingerprint density at radius 2 is 1.79 bits per heavy atom. The summed E-state index contributed by atoms with van der Waals surface area (Å²) in [4.78, 5) is 2.77. The van der Waals surface area contributed by atoms with Crippen molar-refractivity contribution in [2.75, 3.05) is 5.32 Å². The molecule has 0 spiro atoms. The maximum Gasteiger partial charge on any atom is 0.143 e. The highest BCUT2D eigenvalue weighted by Gasteiger charge is 2.29. The third-order valence-electron chi connectivity index (χ3n) is 2.32. The Kier molecular flexibility index (Phi) is 2.12. The van der Waals surface area contributed by atoms with Gasteiger partial charge in [-0.05, 0) is 28.5 Å². The van der Waals surface area contributed by atoms with E-state index in [9.17, 15) is 0 Å². The zero-order chi connectivity index (χ0) is 9.76. The van der Waals surface area contributed by atoms with E-state index in [1.165, 1.54) is 21.0 Å². The quantitative estimate of drug-likeness (QED) is 0.702. The van der Waals surface area contributed by atoms with Gasteiger partial charge in [-0.3, -0.25) is 0 Å². The molecule has 2 aromatic heterocycles. The van der Waals surface area contributed by atoms with Crippen LogP contribution in [0.1, 0.15) is 5.56 Å². The van der Waals surface area contributed by atoms with Crippen LogP contribution in [0.5, 0.6) is 0 Å². The fourth-order valence-corrected chi connectivity index (χ4v) is 4.70. The number of rotatable bonds is 0. The van der Waals surface area contributed by atoms with Crippen LogP contribution in [0, 0.1) is 0 Å². The third kappa shape index (κ3) is 1.25. The Morgan fingerprint density at radius 1 is 1.07 bits per heavy atom. The first-order valence-electron chi connectivity index (χ1n) is 4.20. The third-order valence-corrected chi connectivity index (χ3v) is 5.23. The van der Waals surface area contributed by atoms with Gasteiger partial charge in [-0.2, -0.15) is 0 Å². The summed E-state index contributed by atoms with van der Waals surface area (Å²) < 4.78 is -0.0938. The van der Waals surface area contributed by atoms with Crippen molar-refractivity contribution in [2.24, 2.45) is 0 Å². The predicted octanol–water partition coefficient (Wildman–Crippen LogP) is 2.35. The summed E-state index contributed by atoms with van der Waals surface area (Å²) >= 11 is 9.34. The van der Waals surface area contributed by atoms with E-state index in [2.05, 4.69) is 60.8 Å². The first-order valence-corrected chi connectivity index (χ1v) is 7.12. The van der Waals surface area contributed by atoms with E-state index in [-0.39, 0.29) is 3.26 Å². The molecule has 4 radical (unpaired) electrons. The molecule has 0 bridgehead atoms. The number of thiophene rings is 2. The lowest BCUT2D eigenvalue weighted by atomic mass is 10.1.